The summed E-state index contributed by atoms with van der Waals surface area (Å²) < 4.78 is 31.9. The number of benzene rings is 1. The molecule has 1 aliphatic rings. The molecule has 6 nitrogen and oxygen atoms in total. The molecule has 1 fully saturated rings. The summed E-state index contributed by atoms with van der Waals surface area (Å²) in [5.41, 5.74) is 0. The van der Waals surface area contributed by atoms with E-state index in [1.165, 1.54) is 36.0 Å². The predicted molar refractivity (Wildman–Crippen MR) is 92.5 cm³/mol. The molecule has 0 N–H and O–H groups in total. The largest absolute Gasteiger partial charge is 0.548 e. The second-order valence-electron chi connectivity index (χ2n) is 5.61. The Morgan fingerprint density at radius 2 is 2.04 bits per heavy atom. The average molecular weight is 401 g/mol. The van der Waals surface area contributed by atoms with E-state index in [1.807, 2.05) is 6.07 Å². The van der Waals surface area contributed by atoms with Crippen LogP contribution in [0.2, 0.25) is 5.02 Å². The Hall–Kier alpha value is -1.48. The van der Waals surface area contributed by atoms with Crippen molar-refractivity contribution in [3.8, 4) is 0 Å². The maximum atomic E-state index is 12.8. The average Bonchev–Trinajstić information content (AvgIpc) is 3.23. The molecule has 0 amide bonds. The smallest absolute Gasteiger partial charge is 0.243 e. The number of furan rings is 1. The van der Waals surface area contributed by atoms with Crippen LogP contribution in [-0.2, 0) is 20.6 Å². The van der Waals surface area contributed by atoms with Crippen molar-refractivity contribution in [1.29, 1.82) is 0 Å². The van der Waals surface area contributed by atoms with E-state index in [-0.39, 0.29) is 23.1 Å². The van der Waals surface area contributed by atoms with Crippen molar-refractivity contribution in [2.75, 3.05) is 6.54 Å². The minimum atomic E-state index is -3.94. The Morgan fingerprint density at radius 1 is 1.32 bits per heavy atom. The minimum Gasteiger partial charge on any atom is -0.548 e. The van der Waals surface area contributed by atoms with Crippen LogP contribution in [0.25, 0.3) is 0 Å². The summed E-state index contributed by atoms with van der Waals surface area (Å²) in [5.74, 6) is -0.0839. The zero-order chi connectivity index (χ0) is 18.0. The molecule has 2 atom stereocenters. The highest BCUT2D eigenvalue weighted by molar-refractivity contribution is 7.99. The van der Waals surface area contributed by atoms with E-state index in [9.17, 15) is 18.3 Å². The molecule has 0 spiro atoms. The fourth-order valence-corrected chi connectivity index (χ4v) is 5.71. The molecule has 1 aliphatic heterocycles. The Kier molecular flexibility index (Phi) is 5.43. The third-order valence-corrected chi connectivity index (χ3v) is 7.36. The number of nitrogens with zero attached hydrogens (tertiary/aromatic N) is 1. The number of sulfonamides is 1. The molecule has 25 heavy (non-hydrogen) atoms. The molecular weight excluding hydrogens is 386 g/mol. The second-order valence-corrected chi connectivity index (χ2v) is 9.23. The van der Waals surface area contributed by atoms with Crippen LogP contribution < -0.4 is 5.11 Å². The van der Waals surface area contributed by atoms with Crippen LogP contribution in [0.3, 0.4) is 0 Å². The third-order valence-electron chi connectivity index (χ3n) is 3.95. The quantitative estimate of drug-likeness (QED) is 0.733. The maximum Gasteiger partial charge on any atom is 0.243 e. The number of aliphatic carboxylic acids is 1. The first-order chi connectivity index (χ1) is 11.9. The lowest BCUT2D eigenvalue weighted by Crippen LogP contribution is -2.46. The van der Waals surface area contributed by atoms with E-state index in [4.69, 9.17) is 16.0 Å². The summed E-state index contributed by atoms with van der Waals surface area (Å²) >= 11 is 7.26. The van der Waals surface area contributed by atoms with Gasteiger partial charge in [-0.1, -0.05) is 11.6 Å². The summed E-state index contributed by atoms with van der Waals surface area (Å²) in [5, 5.41) is 11.7. The van der Waals surface area contributed by atoms with Gasteiger partial charge < -0.3 is 14.3 Å². The number of hydrogen-bond acceptors (Lipinski definition) is 6. The molecule has 3 rings (SSSR count). The van der Waals surface area contributed by atoms with Crippen LogP contribution in [0.5, 0.6) is 0 Å². The molecule has 2 aromatic rings. The summed E-state index contributed by atoms with van der Waals surface area (Å²) in [7, 11) is -3.94. The number of carboxylic acids is 1. The Labute approximate surface area is 154 Å². The van der Waals surface area contributed by atoms with Gasteiger partial charge in [-0.2, -0.15) is 4.31 Å². The molecule has 9 heteroatoms. The predicted octanol–water partition coefficient (Wildman–Crippen LogP) is 1.75. The highest BCUT2D eigenvalue weighted by atomic mass is 35.5. The standard InChI is InChI=1S/C16H16ClNO5S2/c17-11-3-5-14(6-4-11)25(21,22)18-9-13(8-15(18)16(19)20)24-10-12-2-1-7-23-12/h1-7,13,15H,8-10H2,(H,19,20)/p-1/t13-,15-/m0/s1. The van der Waals surface area contributed by atoms with Gasteiger partial charge in [0.2, 0.25) is 10.0 Å². The Morgan fingerprint density at radius 3 is 2.64 bits per heavy atom. The number of thioether (sulfide) groups is 1. The van der Waals surface area contributed by atoms with Crippen molar-refractivity contribution < 1.29 is 22.7 Å². The van der Waals surface area contributed by atoms with Gasteiger partial charge in [0.1, 0.15) is 5.76 Å². The fraction of sp³-hybridized carbons (Fsp3) is 0.312. The lowest BCUT2D eigenvalue weighted by atomic mass is 10.2. The molecule has 134 valence electrons. The molecule has 0 saturated carbocycles. The number of carboxylic acid groups (broad SMARTS) is 1. The normalized spacial score (nSPS) is 21.5. The summed E-state index contributed by atoms with van der Waals surface area (Å²) in [6.45, 7) is 0.106. The molecule has 2 heterocycles. The summed E-state index contributed by atoms with van der Waals surface area (Å²) in [4.78, 5) is 11.5. The molecule has 0 unspecified atom stereocenters. The molecular formula is C16H15ClNO5S2-. The maximum absolute atomic E-state index is 12.8. The van der Waals surface area contributed by atoms with Gasteiger partial charge in [0.15, 0.2) is 0 Å². The summed E-state index contributed by atoms with van der Waals surface area (Å²) in [6, 6.07) is 8.06. The first-order valence-corrected chi connectivity index (χ1v) is 10.4. The molecule has 0 bridgehead atoms. The molecule has 1 aromatic heterocycles. The van der Waals surface area contributed by atoms with Crippen LogP contribution in [0, 0.1) is 0 Å². The number of carbonyl (C=O) groups is 1. The molecule has 1 saturated heterocycles. The van der Waals surface area contributed by atoms with Crippen molar-refractivity contribution in [2.45, 2.75) is 28.4 Å². The van der Waals surface area contributed by atoms with E-state index < -0.39 is 22.0 Å². The van der Waals surface area contributed by atoms with E-state index >= 15 is 0 Å². The summed E-state index contributed by atoms with van der Waals surface area (Å²) in [6.07, 6.45) is 1.76. The van der Waals surface area contributed by atoms with E-state index in [1.54, 1.807) is 12.3 Å². The van der Waals surface area contributed by atoms with Crippen LogP contribution >= 0.6 is 23.4 Å². The van der Waals surface area contributed by atoms with Gasteiger partial charge in [-0.25, -0.2) is 8.42 Å². The molecule has 0 aliphatic carbocycles. The highest BCUT2D eigenvalue weighted by Gasteiger charge is 2.41. The fourth-order valence-electron chi connectivity index (χ4n) is 2.71. The van der Waals surface area contributed by atoms with E-state index in [0.717, 1.165) is 10.1 Å². The van der Waals surface area contributed by atoms with Gasteiger partial charge >= 0.3 is 0 Å². The van der Waals surface area contributed by atoms with E-state index in [0.29, 0.717) is 10.8 Å². The van der Waals surface area contributed by atoms with Gasteiger partial charge in [-0.05, 0) is 42.8 Å². The van der Waals surface area contributed by atoms with Crippen molar-refractivity contribution in [2.24, 2.45) is 0 Å². The van der Waals surface area contributed by atoms with Crippen molar-refractivity contribution in [3.63, 3.8) is 0 Å². The van der Waals surface area contributed by atoms with Gasteiger partial charge in [0, 0.05) is 16.8 Å². The third kappa shape index (κ3) is 4.03. The Bertz CT molecular complexity index is 836. The number of halogens is 1. The number of carbonyl (C=O) groups excluding carboxylic acids is 1. The van der Waals surface area contributed by atoms with Gasteiger partial charge in [-0.15, -0.1) is 11.8 Å². The number of hydrogen-bond donors (Lipinski definition) is 0. The monoisotopic (exact) mass is 400 g/mol. The molecule has 1 aromatic carbocycles. The lowest BCUT2D eigenvalue weighted by Gasteiger charge is -2.24. The first-order valence-electron chi connectivity index (χ1n) is 7.50. The molecule has 0 radical (unpaired) electrons. The zero-order valence-electron chi connectivity index (χ0n) is 13.0. The topological polar surface area (TPSA) is 90.7 Å². The van der Waals surface area contributed by atoms with Crippen LogP contribution in [0.1, 0.15) is 12.2 Å². The zero-order valence-corrected chi connectivity index (χ0v) is 15.4. The highest BCUT2D eigenvalue weighted by Crippen LogP contribution is 2.33. The van der Waals surface area contributed by atoms with Crippen LogP contribution in [-0.4, -0.2) is 36.5 Å². The van der Waals surface area contributed by atoms with Gasteiger partial charge in [-0.3, -0.25) is 0 Å². The SMILES string of the molecule is O=C([O-])[C@@H]1C[C@H](SCc2ccco2)CN1S(=O)(=O)c1ccc(Cl)cc1. The van der Waals surface area contributed by atoms with Gasteiger partial charge in [0.25, 0.3) is 0 Å². The lowest BCUT2D eigenvalue weighted by molar-refractivity contribution is -0.309. The van der Waals surface area contributed by atoms with Crippen molar-refractivity contribution in [3.05, 3.63) is 53.4 Å². The Balaban J connectivity index is 1.78. The van der Waals surface area contributed by atoms with Gasteiger partial charge in [0.05, 0.1) is 28.9 Å². The van der Waals surface area contributed by atoms with Crippen LogP contribution in [0.15, 0.2) is 52.0 Å². The van der Waals surface area contributed by atoms with Crippen LogP contribution in [0.4, 0.5) is 0 Å². The second kappa shape index (κ2) is 7.41. The number of rotatable bonds is 6. The van der Waals surface area contributed by atoms with Crippen molar-refractivity contribution >= 4 is 39.4 Å². The van der Waals surface area contributed by atoms with E-state index in [2.05, 4.69) is 0 Å². The first kappa shape index (κ1) is 18.3. The minimum absolute atomic E-state index is 0.0137. The van der Waals surface area contributed by atoms with Crippen molar-refractivity contribution in [1.82, 2.24) is 4.31 Å².